The molecule has 1 aromatic heterocycles. The molecule has 1 unspecified atom stereocenters. The Hall–Kier alpha value is -2.19. The number of benzene rings is 1. The molecular formula is C18H19N3O3S2. The molecule has 2 atom stereocenters. The summed E-state index contributed by atoms with van der Waals surface area (Å²) < 4.78 is 26.8. The summed E-state index contributed by atoms with van der Waals surface area (Å²) >= 11 is 1.73. The smallest absolute Gasteiger partial charge is 0.263 e. The van der Waals surface area contributed by atoms with Crippen LogP contribution in [0.25, 0.3) is 0 Å². The minimum atomic E-state index is -3.60. The summed E-state index contributed by atoms with van der Waals surface area (Å²) in [6, 6.07) is 8.08. The van der Waals surface area contributed by atoms with Crippen molar-refractivity contribution in [2.24, 2.45) is 4.99 Å². The number of hydrogen-bond acceptors (Lipinski definition) is 5. The monoisotopic (exact) mass is 389 g/mol. The summed E-state index contributed by atoms with van der Waals surface area (Å²) in [4.78, 5) is 20.7. The maximum Gasteiger partial charge on any atom is 0.263 e. The van der Waals surface area contributed by atoms with Gasteiger partial charge >= 0.3 is 0 Å². The number of aliphatic imine (C=N–C) groups is 1. The third-order valence-electron chi connectivity index (χ3n) is 4.90. The van der Waals surface area contributed by atoms with Crippen molar-refractivity contribution < 1.29 is 13.2 Å². The van der Waals surface area contributed by atoms with Crippen molar-refractivity contribution in [3.8, 4) is 0 Å². The molecule has 8 heteroatoms. The van der Waals surface area contributed by atoms with Crippen molar-refractivity contribution in [3.63, 3.8) is 0 Å². The summed E-state index contributed by atoms with van der Waals surface area (Å²) in [5, 5.41) is 2.06. The van der Waals surface area contributed by atoms with Gasteiger partial charge in [-0.1, -0.05) is 12.1 Å². The lowest BCUT2D eigenvalue weighted by atomic mass is 10.0. The highest BCUT2D eigenvalue weighted by Gasteiger charge is 2.34. The van der Waals surface area contributed by atoms with Crippen molar-refractivity contribution >= 4 is 33.1 Å². The van der Waals surface area contributed by atoms with Gasteiger partial charge in [0.15, 0.2) is 0 Å². The maximum absolute atomic E-state index is 12.9. The van der Waals surface area contributed by atoms with Crippen LogP contribution in [0.2, 0.25) is 0 Å². The van der Waals surface area contributed by atoms with Gasteiger partial charge in [0.25, 0.3) is 10.0 Å². The Kier molecular flexibility index (Phi) is 4.11. The molecule has 26 heavy (non-hydrogen) atoms. The molecule has 0 saturated heterocycles. The molecule has 4 rings (SSSR count). The predicted molar refractivity (Wildman–Crippen MR) is 101 cm³/mol. The zero-order valence-corrected chi connectivity index (χ0v) is 16.1. The minimum absolute atomic E-state index is 0.00714. The molecule has 1 aromatic carbocycles. The molecule has 0 radical (unpaired) electrons. The fourth-order valence-corrected chi connectivity index (χ4v) is 5.73. The second kappa shape index (κ2) is 6.21. The van der Waals surface area contributed by atoms with E-state index >= 15 is 0 Å². The zero-order valence-electron chi connectivity index (χ0n) is 14.5. The molecule has 2 aliphatic rings. The molecule has 0 aliphatic carbocycles. The van der Waals surface area contributed by atoms with Gasteiger partial charge in [-0.05, 0) is 49.4 Å². The number of amides is 1. The van der Waals surface area contributed by atoms with E-state index in [0.29, 0.717) is 12.1 Å². The topological polar surface area (TPSA) is 78.8 Å². The van der Waals surface area contributed by atoms with E-state index < -0.39 is 16.1 Å². The Balaban J connectivity index is 1.60. The van der Waals surface area contributed by atoms with E-state index in [1.807, 2.05) is 11.8 Å². The van der Waals surface area contributed by atoms with Crippen LogP contribution in [-0.2, 0) is 21.2 Å². The van der Waals surface area contributed by atoms with Gasteiger partial charge in [-0.25, -0.2) is 8.42 Å². The van der Waals surface area contributed by atoms with Crippen molar-refractivity contribution in [1.82, 2.24) is 9.62 Å². The minimum Gasteiger partial charge on any atom is -0.334 e. The number of hydrogen-bond donors (Lipinski definition) is 1. The van der Waals surface area contributed by atoms with Crippen LogP contribution in [0.5, 0.6) is 0 Å². The number of rotatable bonds is 2. The van der Waals surface area contributed by atoms with Crippen LogP contribution in [0.3, 0.4) is 0 Å². The number of carbonyl (C=O) groups excluding carboxylic acids is 1. The first-order chi connectivity index (χ1) is 12.4. The fraction of sp³-hybridized carbons (Fsp3) is 0.333. The second-order valence-electron chi connectivity index (χ2n) is 6.51. The lowest BCUT2D eigenvalue weighted by Gasteiger charge is -2.34. The normalized spacial score (nSPS) is 23.2. The van der Waals surface area contributed by atoms with Gasteiger partial charge in [-0.3, -0.25) is 14.5 Å². The van der Waals surface area contributed by atoms with Crippen LogP contribution in [0.1, 0.15) is 35.9 Å². The van der Waals surface area contributed by atoms with Crippen molar-refractivity contribution in [1.29, 1.82) is 0 Å². The van der Waals surface area contributed by atoms with Crippen molar-refractivity contribution in [3.05, 3.63) is 51.7 Å². The van der Waals surface area contributed by atoms with E-state index in [1.54, 1.807) is 36.5 Å². The highest BCUT2D eigenvalue weighted by Crippen LogP contribution is 2.33. The summed E-state index contributed by atoms with van der Waals surface area (Å²) in [5.74, 6) is 0.146. The van der Waals surface area contributed by atoms with E-state index in [0.717, 1.165) is 6.42 Å². The average molecular weight is 390 g/mol. The molecule has 2 aliphatic heterocycles. The van der Waals surface area contributed by atoms with Gasteiger partial charge in [-0.2, -0.15) is 0 Å². The Morgan fingerprint density at radius 2 is 2.12 bits per heavy atom. The Morgan fingerprint density at radius 1 is 1.35 bits per heavy atom. The molecule has 136 valence electrons. The Labute approximate surface area is 156 Å². The molecule has 2 aromatic rings. The fourth-order valence-electron chi connectivity index (χ4n) is 3.53. The van der Waals surface area contributed by atoms with Gasteiger partial charge in [0.05, 0.1) is 10.9 Å². The molecule has 0 bridgehead atoms. The number of thiophene rings is 1. The van der Waals surface area contributed by atoms with Crippen LogP contribution in [0.4, 0.5) is 0 Å². The molecule has 1 N–H and O–H groups in total. The number of nitrogens with zero attached hydrogens (tertiary/aromatic N) is 2. The molecule has 1 amide bonds. The summed E-state index contributed by atoms with van der Waals surface area (Å²) in [6.45, 7) is 4.39. The highest BCUT2D eigenvalue weighted by atomic mass is 32.2. The number of nitrogens with one attached hydrogen (secondary N) is 1. The number of sulfonamides is 1. The summed E-state index contributed by atoms with van der Waals surface area (Å²) in [5.41, 5.74) is 1.71. The van der Waals surface area contributed by atoms with Crippen LogP contribution < -0.4 is 4.72 Å². The van der Waals surface area contributed by atoms with Crippen molar-refractivity contribution in [2.75, 3.05) is 6.54 Å². The van der Waals surface area contributed by atoms with E-state index in [4.69, 9.17) is 0 Å². The largest absolute Gasteiger partial charge is 0.334 e. The van der Waals surface area contributed by atoms with E-state index in [2.05, 4.69) is 21.2 Å². The van der Waals surface area contributed by atoms with E-state index in [-0.39, 0.29) is 22.7 Å². The van der Waals surface area contributed by atoms with Crippen LogP contribution in [0, 0.1) is 0 Å². The number of amidine groups is 1. The second-order valence-corrected chi connectivity index (χ2v) is 9.16. The van der Waals surface area contributed by atoms with Gasteiger partial charge in [0.1, 0.15) is 11.9 Å². The first-order valence-electron chi connectivity index (χ1n) is 8.45. The Morgan fingerprint density at radius 3 is 2.92 bits per heavy atom. The third-order valence-corrected chi connectivity index (χ3v) is 7.30. The first-order valence-corrected chi connectivity index (χ1v) is 10.8. The molecule has 0 saturated carbocycles. The standard InChI is InChI=1S/C18H19N3O3S2/c1-11(18(22)21-9-7-15-13(12(21)2)8-10-25-15)19-17-14-5-3-4-6-16(14)26(23,24)20-17/h3-6,8,10-12H,7,9H2,1-2H3,(H,19,20)/t11-,12?/m1/s1. The Bertz CT molecular complexity index is 1010. The zero-order chi connectivity index (χ0) is 18.5. The molecule has 0 fully saturated rings. The molecule has 6 nitrogen and oxygen atoms in total. The van der Waals surface area contributed by atoms with Gasteiger partial charge < -0.3 is 4.90 Å². The summed E-state index contributed by atoms with van der Waals surface area (Å²) in [7, 11) is -3.60. The lowest BCUT2D eigenvalue weighted by molar-refractivity contribution is -0.134. The van der Waals surface area contributed by atoms with E-state index in [9.17, 15) is 13.2 Å². The maximum atomic E-state index is 12.9. The third kappa shape index (κ3) is 2.73. The lowest BCUT2D eigenvalue weighted by Crippen LogP contribution is -2.43. The predicted octanol–water partition coefficient (Wildman–Crippen LogP) is 2.32. The van der Waals surface area contributed by atoms with Gasteiger partial charge in [0.2, 0.25) is 5.91 Å². The number of fused-ring (bicyclic) bond motifs is 2. The quantitative estimate of drug-likeness (QED) is 0.856. The molecule has 0 spiro atoms. The van der Waals surface area contributed by atoms with E-state index in [1.165, 1.54) is 16.5 Å². The SMILES string of the molecule is CC1c2ccsc2CCN1C(=O)[C@@H](C)N=C1NS(=O)(=O)c2ccccc21. The molecular weight excluding hydrogens is 370 g/mol. The first kappa shape index (κ1) is 17.2. The van der Waals surface area contributed by atoms with Gasteiger partial charge in [-0.15, -0.1) is 11.3 Å². The van der Waals surface area contributed by atoms with Gasteiger partial charge in [0, 0.05) is 17.0 Å². The molecule has 3 heterocycles. The van der Waals surface area contributed by atoms with Crippen LogP contribution >= 0.6 is 11.3 Å². The average Bonchev–Trinajstić information content (AvgIpc) is 3.19. The highest BCUT2D eigenvalue weighted by molar-refractivity contribution is 7.90. The van der Waals surface area contributed by atoms with Crippen LogP contribution in [-0.4, -0.2) is 37.6 Å². The van der Waals surface area contributed by atoms with Crippen LogP contribution in [0.15, 0.2) is 45.6 Å². The summed E-state index contributed by atoms with van der Waals surface area (Å²) in [6.07, 6.45) is 0.849. The van der Waals surface area contributed by atoms with Crippen molar-refractivity contribution in [2.45, 2.75) is 37.2 Å². The number of carbonyl (C=O) groups is 1.